The molecule has 15 nitrogen and oxygen atoms in total. The smallest absolute Gasteiger partial charge is 0.374 e. The molecule has 4 aromatic rings. The summed E-state index contributed by atoms with van der Waals surface area (Å²) in [6.45, 7) is 0.614. The summed E-state index contributed by atoms with van der Waals surface area (Å²) in [5.74, 6) is 1.44. The van der Waals surface area contributed by atoms with Crippen LogP contribution in [0.2, 0.25) is 6.82 Å². The molecule has 6 rings (SSSR count). The summed E-state index contributed by atoms with van der Waals surface area (Å²) in [5, 5.41) is 40.7. The van der Waals surface area contributed by atoms with Crippen molar-refractivity contribution in [2.75, 3.05) is 34.5 Å². The predicted molar refractivity (Wildman–Crippen MR) is 191 cm³/mol. The highest BCUT2D eigenvalue weighted by Crippen LogP contribution is 2.31. The minimum absolute atomic E-state index is 0.0247. The van der Waals surface area contributed by atoms with Crippen molar-refractivity contribution < 1.29 is 43.9 Å². The summed E-state index contributed by atoms with van der Waals surface area (Å²) < 4.78 is 11.5. The Hall–Kier alpha value is -5.78. The molecule has 2 atom stereocenters. The molecule has 0 saturated heterocycles. The van der Waals surface area contributed by atoms with Gasteiger partial charge in [-0.2, -0.15) is 0 Å². The SMILES string of the molecule is CB(O)N[C@@H](CO)C(=O)Nc1ccc(Oc2ccc3c(c2)CC(=O)N3)cc1.N[C@@H](CO)C(=O)Nc1ccc(Oc2ccc3c(c2)CC(=O)N3)cc1. The zero-order chi connectivity index (χ0) is 36.5. The van der Waals surface area contributed by atoms with Crippen LogP contribution in [0.3, 0.4) is 0 Å². The second-order valence-electron chi connectivity index (χ2n) is 11.7. The van der Waals surface area contributed by atoms with Gasteiger partial charge in [0.05, 0.1) is 26.1 Å². The van der Waals surface area contributed by atoms with E-state index in [0.29, 0.717) is 47.2 Å². The van der Waals surface area contributed by atoms with Gasteiger partial charge in [0.1, 0.15) is 35.1 Å². The van der Waals surface area contributed by atoms with Gasteiger partial charge in [0.15, 0.2) is 0 Å². The molecular formula is C35H37BN6O9. The van der Waals surface area contributed by atoms with E-state index in [1.807, 2.05) is 12.1 Å². The molecular weight excluding hydrogens is 659 g/mol. The maximum absolute atomic E-state index is 12.1. The highest BCUT2D eigenvalue weighted by atomic mass is 16.5. The summed E-state index contributed by atoms with van der Waals surface area (Å²) in [6, 6.07) is 22.4. The van der Waals surface area contributed by atoms with Gasteiger partial charge in [-0.05, 0) is 103 Å². The second-order valence-corrected chi connectivity index (χ2v) is 11.7. The highest BCUT2D eigenvalue weighted by Gasteiger charge is 2.21. The standard InChI is InChI=1S/C18H20BN3O5.C17H17N3O4/c1-19(26)22-16(10-23)18(25)20-12-2-4-13(5-3-12)27-14-6-7-15-11(8-14)9-17(24)21-15;18-14(9-21)17(23)19-11-1-3-12(4-2-11)24-13-5-6-15-10(7-13)8-16(22)20-15/h2-8,16,22-23,26H,9-10H2,1H3,(H,20,25)(H,21,24);1-7,14,21H,8-9,18H2,(H,19,23)(H,20,22)/t16-;14-/m00/s1. The Bertz CT molecular complexity index is 1890. The van der Waals surface area contributed by atoms with Crippen molar-refractivity contribution in [2.24, 2.45) is 5.73 Å². The lowest BCUT2D eigenvalue weighted by atomic mass is 9.87. The Morgan fingerprint density at radius 2 is 1.16 bits per heavy atom. The molecule has 0 spiro atoms. The number of aliphatic hydroxyl groups excluding tert-OH is 2. The monoisotopic (exact) mass is 696 g/mol. The number of aliphatic hydroxyl groups is 2. The zero-order valence-corrected chi connectivity index (χ0v) is 27.5. The lowest BCUT2D eigenvalue weighted by Gasteiger charge is -2.16. The number of nitrogens with one attached hydrogen (secondary N) is 5. The number of anilines is 4. The van der Waals surface area contributed by atoms with Crippen LogP contribution in [0.15, 0.2) is 84.9 Å². The minimum Gasteiger partial charge on any atom is -0.457 e. The molecule has 264 valence electrons. The summed E-state index contributed by atoms with van der Waals surface area (Å²) >= 11 is 0. The Balaban J connectivity index is 0.000000199. The average molecular weight is 697 g/mol. The van der Waals surface area contributed by atoms with Gasteiger partial charge < -0.3 is 56.9 Å². The molecule has 51 heavy (non-hydrogen) atoms. The van der Waals surface area contributed by atoms with Crippen LogP contribution < -0.4 is 41.7 Å². The van der Waals surface area contributed by atoms with Crippen LogP contribution in [-0.4, -0.2) is 71.2 Å². The number of benzene rings is 4. The molecule has 10 N–H and O–H groups in total. The van der Waals surface area contributed by atoms with E-state index in [0.717, 1.165) is 22.5 Å². The van der Waals surface area contributed by atoms with Crippen molar-refractivity contribution in [2.45, 2.75) is 31.7 Å². The van der Waals surface area contributed by atoms with Gasteiger partial charge in [-0.1, -0.05) is 0 Å². The van der Waals surface area contributed by atoms with E-state index in [1.165, 1.54) is 6.82 Å². The first-order valence-electron chi connectivity index (χ1n) is 15.9. The normalized spacial score (nSPS) is 13.7. The molecule has 0 aliphatic carbocycles. The minimum atomic E-state index is -0.955. The van der Waals surface area contributed by atoms with Gasteiger partial charge in [-0.25, -0.2) is 0 Å². The van der Waals surface area contributed by atoms with Gasteiger partial charge >= 0.3 is 7.05 Å². The van der Waals surface area contributed by atoms with Gasteiger partial charge in [0.25, 0.3) is 0 Å². The molecule has 2 aliphatic heterocycles. The zero-order valence-electron chi connectivity index (χ0n) is 27.5. The first-order chi connectivity index (χ1) is 24.5. The van der Waals surface area contributed by atoms with Gasteiger partial charge in [-0.15, -0.1) is 0 Å². The number of nitrogens with two attached hydrogens (primary N) is 1. The molecule has 0 unspecified atom stereocenters. The third-order valence-corrected chi connectivity index (χ3v) is 7.59. The lowest BCUT2D eigenvalue weighted by molar-refractivity contribution is -0.119. The Labute approximate surface area is 293 Å². The van der Waals surface area contributed by atoms with Crippen LogP contribution in [0.1, 0.15) is 11.1 Å². The van der Waals surface area contributed by atoms with E-state index in [2.05, 4.69) is 26.5 Å². The fourth-order valence-electron chi connectivity index (χ4n) is 5.07. The number of fused-ring (bicyclic) bond motifs is 2. The quantitative estimate of drug-likeness (QED) is 0.0975. The van der Waals surface area contributed by atoms with E-state index < -0.39 is 44.2 Å². The van der Waals surface area contributed by atoms with E-state index in [-0.39, 0.29) is 11.8 Å². The largest absolute Gasteiger partial charge is 0.457 e. The van der Waals surface area contributed by atoms with Crippen LogP contribution in [0.4, 0.5) is 22.7 Å². The summed E-state index contributed by atoms with van der Waals surface area (Å²) in [5.41, 5.74) is 9.92. The van der Waals surface area contributed by atoms with Crippen LogP contribution in [0.5, 0.6) is 23.0 Å². The molecule has 2 aliphatic rings. The molecule has 4 aromatic carbocycles. The summed E-state index contributed by atoms with van der Waals surface area (Å²) in [4.78, 5) is 46.4. The number of rotatable bonds is 12. The van der Waals surface area contributed by atoms with Crippen molar-refractivity contribution in [3.63, 3.8) is 0 Å². The van der Waals surface area contributed by atoms with E-state index in [1.54, 1.807) is 72.8 Å². The van der Waals surface area contributed by atoms with Crippen LogP contribution in [-0.2, 0) is 32.0 Å². The average Bonchev–Trinajstić information content (AvgIpc) is 3.68. The maximum Gasteiger partial charge on any atom is 0.374 e. The molecule has 2 heterocycles. The molecule has 0 saturated carbocycles. The summed E-state index contributed by atoms with van der Waals surface area (Å²) in [7, 11) is -0.915. The van der Waals surface area contributed by atoms with Crippen molar-refractivity contribution in [1.82, 2.24) is 5.23 Å². The molecule has 16 heteroatoms. The molecule has 0 aromatic heterocycles. The first kappa shape index (κ1) is 36.5. The third-order valence-electron chi connectivity index (χ3n) is 7.59. The first-order valence-corrected chi connectivity index (χ1v) is 15.9. The van der Waals surface area contributed by atoms with Crippen LogP contribution in [0, 0.1) is 0 Å². The summed E-state index contributed by atoms with van der Waals surface area (Å²) in [6.07, 6.45) is 0.687. The van der Waals surface area contributed by atoms with Crippen molar-refractivity contribution in [3.8, 4) is 23.0 Å². The molecule has 0 fully saturated rings. The van der Waals surface area contributed by atoms with Gasteiger partial charge in [-0.3, -0.25) is 19.2 Å². The third kappa shape index (κ3) is 10.1. The maximum atomic E-state index is 12.1. The molecule has 0 radical (unpaired) electrons. The number of hydrogen-bond acceptors (Lipinski definition) is 11. The Morgan fingerprint density at radius 1 is 0.725 bits per heavy atom. The van der Waals surface area contributed by atoms with Gasteiger partial charge in [0.2, 0.25) is 23.6 Å². The Morgan fingerprint density at radius 3 is 1.57 bits per heavy atom. The van der Waals surface area contributed by atoms with E-state index in [4.69, 9.17) is 20.3 Å². The van der Waals surface area contributed by atoms with E-state index in [9.17, 15) is 29.3 Å². The molecule has 0 bridgehead atoms. The Kier molecular flexibility index (Phi) is 12.0. The fourth-order valence-corrected chi connectivity index (χ4v) is 5.07. The van der Waals surface area contributed by atoms with Crippen LogP contribution in [0.25, 0.3) is 0 Å². The fraction of sp³-hybridized carbons (Fsp3) is 0.200. The topological polar surface area (TPSA) is 234 Å². The lowest BCUT2D eigenvalue weighted by Crippen LogP contribution is -2.49. The highest BCUT2D eigenvalue weighted by molar-refractivity contribution is 6.46. The van der Waals surface area contributed by atoms with E-state index >= 15 is 0 Å². The number of amides is 4. The number of hydrogen-bond donors (Lipinski definition) is 9. The predicted octanol–water partition coefficient (Wildman–Crippen LogP) is 2.20. The van der Waals surface area contributed by atoms with Crippen molar-refractivity contribution >= 4 is 53.4 Å². The number of carbonyl (C=O) groups is 4. The van der Waals surface area contributed by atoms with Crippen molar-refractivity contribution in [3.05, 3.63) is 96.1 Å². The van der Waals surface area contributed by atoms with Crippen molar-refractivity contribution in [1.29, 1.82) is 0 Å². The van der Waals surface area contributed by atoms with Crippen LogP contribution >= 0.6 is 0 Å². The van der Waals surface area contributed by atoms with Gasteiger partial charge in [0, 0.05) is 22.7 Å². The molecule has 4 amide bonds. The number of ether oxygens (including phenoxy) is 2. The second kappa shape index (κ2) is 16.8. The number of carbonyl (C=O) groups excluding carboxylic acids is 4.